The van der Waals surface area contributed by atoms with Crippen molar-refractivity contribution in [2.75, 3.05) is 31.1 Å². The minimum Gasteiger partial charge on any atom is -0.355 e. The van der Waals surface area contributed by atoms with Gasteiger partial charge in [0.05, 0.1) is 5.69 Å². The van der Waals surface area contributed by atoms with Crippen molar-refractivity contribution >= 4 is 11.6 Å². The largest absolute Gasteiger partial charge is 0.355 e. The van der Waals surface area contributed by atoms with E-state index in [4.69, 9.17) is 0 Å². The second kappa shape index (κ2) is 6.11. The molecule has 2 saturated heterocycles. The highest BCUT2D eigenvalue weighted by molar-refractivity contribution is 5.65. The first-order valence-electron chi connectivity index (χ1n) is 9.14. The van der Waals surface area contributed by atoms with Gasteiger partial charge in [-0.15, -0.1) is 0 Å². The quantitative estimate of drug-likeness (QED) is 0.736. The highest BCUT2D eigenvalue weighted by atomic mass is 15.4. The lowest BCUT2D eigenvalue weighted by Crippen LogP contribution is -2.35. The molecular weight excluding hydrogens is 312 g/mol. The average Bonchev–Trinajstić information content (AvgIpc) is 3.41. The molecule has 0 radical (unpaired) electrons. The molecule has 0 unspecified atom stereocenters. The standard InChI is InChI=1S/C19H22N6/c1-2-6-15(7-3-1)17-12-18(25-19(22-17)20-14-21-25)24-11-8-16(13-24)23-9-4-5-10-23/h1-3,6-7,12,14,16H,4-5,8-11,13H2/t16-/m0/s1. The van der Waals surface area contributed by atoms with Crippen LogP contribution in [-0.4, -0.2) is 56.7 Å². The van der Waals surface area contributed by atoms with Crippen LogP contribution < -0.4 is 4.90 Å². The van der Waals surface area contributed by atoms with E-state index in [9.17, 15) is 0 Å². The van der Waals surface area contributed by atoms with Crippen molar-refractivity contribution in [3.8, 4) is 11.3 Å². The summed E-state index contributed by atoms with van der Waals surface area (Å²) in [5.41, 5.74) is 2.07. The molecule has 5 rings (SSSR count). The van der Waals surface area contributed by atoms with Crippen LogP contribution in [0.4, 0.5) is 5.82 Å². The molecule has 2 aliphatic heterocycles. The maximum atomic E-state index is 4.69. The number of aromatic nitrogens is 4. The third-order valence-electron chi connectivity index (χ3n) is 5.45. The fourth-order valence-corrected chi connectivity index (χ4v) is 4.13. The van der Waals surface area contributed by atoms with Gasteiger partial charge in [-0.25, -0.2) is 4.98 Å². The van der Waals surface area contributed by atoms with Crippen LogP contribution in [-0.2, 0) is 0 Å². The first-order valence-corrected chi connectivity index (χ1v) is 9.14. The molecule has 1 aromatic carbocycles. The Labute approximate surface area is 147 Å². The molecule has 2 aliphatic rings. The van der Waals surface area contributed by atoms with Crippen LogP contribution in [0.15, 0.2) is 42.7 Å². The van der Waals surface area contributed by atoms with Crippen LogP contribution in [0.1, 0.15) is 19.3 Å². The SMILES string of the molecule is c1ccc(-c2cc(N3CC[C@H](N4CCCC4)C3)n3ncnc3n2)cc1. The van der Waals surface area contributed by atoms with Gasteiger partial charge in [-0.3, -0.25) is 4.90 Å². The molecule has 0 bridgehead atoms. The van der Waals surface area contributed by atoms with Crippen molar-refractivity contribution in [1.29, 1.82) is 0 Å². The van der Waals surface area contributed by atoms with Gasteiger partial charge in [-0.1, -0.05) is 30.3 Å². The zero-order chi connectivity index (χ0) is 16.6. The zero-order valence-corrected chi connectivity index (χ0v) is 14.3. The van der Waals surface area contributed by atoms with Crippen molar-refractivity contribution in [2.24, 2.45) is 0 Å². The van der Waals surface area contributed by atoms with Crippen LogP contribution in [0.25, 0.3) is 17.0 Å². The number of fused-ring (bicyclic) bond motifs is 1. The number of benzene rings is 1. The second-order valence-corrected chi connectivity index (χ2v) is 6.97. The number of hydrogen-bond donors (Lipinski definition) is 0. The summed E-state index contributed by atoms with van der Waals surface area (Å²) >= 11 is 0. The van der Waals surface area contributed by atoms with Crippen LogP contribution >= 0.6 is 0 Å². The topological polar surface area (TPSA) is 49.6 Å². The second-order valence-electron chi connectivity index (χ2n) is 6.97. The summed E-state index contributed by atoms with van der Waals surface area (Å²) in [5, 5.41) is 4.41. The van der Waals surface area contributed by atoms with Crippen LogP contribution in [0, 0.1) is 0 Å². The van der Waals surface area contributed by atoms with Crippen molar-refractivity contribution < 1.29 is 0 Å². The van der Waals surface area contributed by atoms with Gasteiger partial charge in [-0.2, -0.15) is 14.6 Å². The Morgan fingerprint density at radius 3 is 2.68 bits per heavy atom. The molecule has 3 aromatic rings. The normalized spacial score (nSPS) is 21.4. The Morgan fingerprint density at radius 2 is 1.84 bits per heavy atom. The van der Waals surface area contributed by atoms with Gasteiger partial charge in [0.15, 0.2) is 0 Å². The predicted molar refractivity (Wildman–Crippen MR) is 97.6 cm³/mol. The Kier molecular flexibility index (Phi) is 3.63. The number of likely N-dealkylation sites (tertiary alicyclic amines) is 1. The highest BCUT2D eigenvalue weighted by Crippen LogP contribution is 2.28. The molecule has 0 spiro atoms. The number of anilines is 1. The van der Waals surface area contributed by atoms with Gasteiger partial charge in [0.2, 0.25) is 0 Å². The minimum absolute atomic E-state index is 0.661. The molecule has 6 nitrogen and oxygen atoms in total. The van der Waals surface area contributed by atoms with Gasteiger partial charge < -0.3 is 4.90 Å². The van der Waals surface area contributed by atoms with Crippen molar-refractivity contribution in [3.63, 3.8) is 0 Å². The van der Waals surface area contributed by atoms with Crippen LogP contribution in [0.2, 0.25) is 0 Å². The summed E-state index contributed by atoms with van der Waals surface area (Å²) in [6.07, 6.45) is 5.50. The Hall–Kier alpha value is -2.47. The Balaban J connectivity index is 1.51. The molecule has 0 saturated carbocycles. The van der Waals surface area contributed by atoms with E-state index >= 15 is 0 Å². The molecule has 6 heteroatoms. The number of hydrogen-bond acceptors (Lipinski definition) is 5. The van der Waals surface area contributed by atoms with E-state index in [-0.39, 0.29) is 0 Å². The van der Waals surface area contributed by atoms with Gasteiger partial charge in [-0.05, 0) is 32.4 Å². The monoisotopic (exact) mass is 334 g/mol. The average molecular weight is 334 g/mol. The predicted octanol–water partition coefficient (Wildman–Crippen LogP) is 2.47. The molecule has 0 N–H and O–H groups in total. The van der Waals surface area contributed by atoms with Crippen LogP contribution in [0.5, 0.6) is 0 Å². The van der Waals surface area contributed by atoms with Gasteiger partial charge in [0, 0.05) is 30.8 Å². The summed E-state index contributed by atoms with van der Waals surface area (Å²) in [6, 6.07) is 13.1. The molecule has 4 heterocycles. The summed E-state index contributed by atoms with van der Waals surface area (Å²) in [7, 11) is 0. The van der Waals surface area contributed by atoms with Gasteiger partial charge in [0.25, 0.3) is 5.78 Å². The van der Waals surface area contributed by atoms with E-state index in [2.05, 4.69) is 43.1 Å². The molecule has 2 fully saturated rings. The molecule has 128 valence electrons. The molecule has 2 aromatic heterocycles. The van der Waals surface area contributed by atoms with E-state index in [1.807, 2.05) is 22.7 Å². The maximum Gasteiger partial charge on any atom is 0.254 e. The summed E-state index contributed by atoms with van der Waals surface area (Å²) in [6.45, 7) is 4.63. The summed E-state index contributed by atoms with van der Waals surface area (Å²) < 4.78 is 1.87. The fraction of sp³-hybridized carbons (Fsp3) is 0.421. The van der Waals surface area contributed by atoms with Crippen LogP contribution in [0.3, 0.4) is 0 Å². The molecule has 1 atom stereocenters. The van der Waals surface area contributed by atoms with Gasteiger partial charge in [0.1, 0.15) is 12.1 Å². The third kappa shape index (κ3) is 2.66. The van der Waals surface area contributed by atoms with E-state index in [1.165, 1.54) is 32.4 Å². The first-order chi connectivity index (χ1) is 12.4. The fourth-order valence-electron chi connectivity index (χ4n) is 4.13. The minimum atomic E-state index is 0.661. The first kappa shape index (κ1) is 14.8. The molecule has 0 aliphatic carbocycles. The van der Waals surface area contributed by atoms with E-state index in [1.54, 1.807) is 6.33 Å². The van der Waals surface area contributed by atoms with E-state index in [0.717, 1.165) is 30.2 Å². The third-order valence-corrected chi connectivity index (χ3v) is 5.45. The maximum absolute atomic E-state index is 4.69. The zero-order valence-electron chi connectivity index (χ0n) is 14.3. The molecule has 0 amide bonds. The van der Waals surface area contributed by atoms with Crippen molar-refractivity contribution in [2.45, 2.75) is 25.3 Å². The molecule has 25 heavy (non-hydrogen) atoms. The van der Waals surface area contributed by atoms with Crippen molar-refractivity contribution in [1.82, 2.24) is 24.5 Å². The van der Waals surface area contributed by atoms with Crippen molar-refractivity contribution in [3.05, 3.63) is 42.7 Å². The number of rotatable bonds is 3. The van der Waals surface area contributed by atoms with E-state index < -0.39 is 0 Å². The van der Waals surface area contributed by atoms with Gasteiger partial charge >= 0.3 is 0 Å². The molecular formula is C19H22N6. The number of nitrogens with zero attached hydrogens (tertiary/aromatic N) is 6. The smallest absolute Gasteiger partial charge is 0.254 e. The lowest BCUT2D eigenvalue weighted by Gasteiger charge is -2.24. The Bertz CT molecular complexity index is 868. The Morgan fingerprint density at radius 1 is 1.00 bits per heavy atom. The lowest BCUT2D eigenvalue weighted by molar-refractivity contribution is 0.260. The lowest BCUT2D eigenvalue weighted by atomic mass is 10.1. The summed E-state index contributed by atoms with van der Waals surface area (Å²) in [4.78, 5) is 14.1. The highest BCUT2D eigenvalue weighted by Gasteiger charge is 2.30. The summed E-state index contributed by atoms with van der Waals surface area (Å²) in [5.74, 6) is 1.77. The van der Waals surface area contributed by atoms with E-state index in [0.29, 0.717) is 11.8 Å².